The lowest BCUT2D eigenvalue weighted by Crippen LogP contribution is -2.60. The number of nitrogens with two attached hydrogens (primary N) is 1. The van der Waals surface area contributed by atoms with Gasteiger partial charge < -0.3 is 16.2 Å². The van der Waals surface area contributed by atoms with Gasteiger partial charge in [-0.25, -0.2) is 0 Å². The molecule has 4 nitrogen and oxygen atoms in total. The number of nitrogens with one attached hydrogen (secondary N) is 1. The van der Waals surface area contributed by atoms with E-state index in [2.05, 4.69) is 5.32 Å². The second kappa shape index (κ2) is 4.28. The fourth-order valence-electron chi connectivity index (χ4n) is 1.72. The predicted octanol–water partition coefficient (Wildman–Crippen LogP) is 0.143. The van der Waals surface area contributed by atoms with E-state index in [0.717, 1.165) is 19.3 Å². The van der Waals surface area contributed by atoms with Crippen LogP contribution in [0.5, 0.6) is 0 Å². The zero-order valence-electron chi connectivity index (χ0n) is 8.92. The zero-order chi connectivity index (χ0) is 10.8. The van der Waals surface area contributed by atoms with Gasteiger partial charge in [0, 0.05) is 6.04 Å². The molecule has 0 aromatic heterocycles. The summed E-state index contributed by atoms with van der Waals surface area (Å²) < 4.78 is 0. The summed E-state index contributed by atoms with van der Waals surface area (Å²) >= 11 is 0. The van der Waals surface area contributed by atoms with Crippen molar-refractivity contribution in [2.75, 3.05) is 0 Å². The molecule has 0 saturated heterocycles. The van der Waals surface area contributed by atoms with Gasteiger partial charge in [-0.05, 0) is 39.5 Å². The first-order chi connectivity index (χ1) is 6.44. The Morgan fingerprint density at radius 1 is 1.57 bits per heavy atom. The summed E-state index contributed by atoms with van der Waals surface area (Å²) in [6.45, 7) is 3.59. The summed E-state index contributed by atoms with van der Waals surface area (Å²) in [7, 11) is 0. The number of carbonyl (C=O) groups excluding carboxylic acids is 1. The maximum absolute atomic E-state index is 11.6. The summed E-state index contributed by atoms with van der Waals surface area (Å²) in [4.78, 5) is 11.6. The topological polar surface area (TPSA) is 75.3 Å². The lowest BCUT2D eigenvalue weighted by Gasteiger charge is -2.37. The molecular formula is C10H20N2O2. The van der Waals surface area contributed by atoms with E-state index in [0.29, 0.717) is 6.42 Å². The van der Waals surface area contributed by atoms with E-state index in [-0.39, 0.29) is 18.1 Å². The third-order valence-electron chi connectivity index (χ3n) is 2.77. The summed E-state index contributed by atoms with van der Waals surface area (Å²) in [6, 6.07) is -0.0106. The SMILES string of the molecule is CC(O)CC(C)NC(=O)C1(N)CCC1. The molecule has 0 aliphatic heterocycles. The van der Waals surface area contributed by atoms with Gasteiger partial charge in [-0.2, -0.15) is 0 Å². The first-order valence-corrected chi connectivity index (χ1v) is 5.22. The molecule has 4 heteroatoms. The Labute approximate surface area is 84.9 Å². The van der Waals surface area contributed by atoms with Crippen molar-refractivity contribution < 1.29 is 9.90 Å². The lowest BCUT2D eigenvalue weighted by molar-refractivity contribution is -0.130. The summed E-state index contributed by atoms with van der Waals surface area (Å²) in [5.74, 6) is -0.0723. The van der Waals surface area contributed by atoms with Gasteiger partial charge in [0.25, 0.3) is 0 Å². The molecule has 0 aromatic rings. The first kappa shape index (κ1) is 11.5. The van der Waals surface area contributed by atoms with Crippen molar-refractivity contribution in [3.05, 3.63) is 0 Å². The van der Waals surface area contributed by atoms with Gasteiger partial charge in [0.1, 0.15) is 0 Å². The number of aliphatic hydroxyl groups is 1. The highest BCUT2D eigenvalue weighted by Crippen LogP contribution is 2.29. The smallest absolute Gasteiger partial charge is 0.240 e. The Bertz CT molecular complexity index is 212. The predicted molar refractivity (Wildman–Crippen MR) is 54.7 cm³/mol. The summed E-state index contributed by atoms with van der Waals surface area (Å²) in [6.07, 6.45) is 2.78. The molecule has 1 aliphatic rings. The van der Waals surface area contributed by atoms with E-state index in [1.165, 1.54) is 0 Å². The van der Waals surface area contributed by atoms with Crippen molar-refractivity contribution in [1.82, 2.24) is 5.32 Å². The van der Waals surface area contributed by atoms with Gasteiger partial charge in [0.15, 0.2) is 0 Å². The molecule has 2 atom stereocenters. The monoisotopic (exact) mass is 200 g/mol. The minimum Gasteiger partial charge on any atom is -0.393 e. The molecule has 1 saturated carbocycles. The Morgan fingerprint density at radius 3 is 2.50 bits per heavy atom. The van der Waals surface area contributed by atoms with Gasteiger partial charge in [-0.15, -0.1) is 0 Å². The summed E-state index contributed by atoms with van der Waals surface area (Å²) in [5.41, 5.74) is 5.22. The van der Waals surface area contributed by atoms with Crippen LogP contribution in [0, 0.1) is 0 Å². The molecular weight excluding hydrogens is 180 g/mol. The Balaban J connectivity index is 2.32. The number of carbonyl (C=O) groups is 1. The highest BCUT2D eigenvalue weighted by atomic mass is 16.3. The van der Waals surface area contributed by atoms with Crippen molar-refractivity contribution in [2.45, 2.75) is 57.2 Å². The molecule has 14 heavy (non-hydrogen) atoms. The van der Waals surface area contributed by atoms with Crippen LogP contribution in [0.1, 0.15) is 39.5 Å². The fourth-order valence-corrected chi connectivity index (χ4v) is 1.72. The van der Waals surface area contributed by atoms with Crippen LogP contribution >= 0.6 is 0 Å². The number of rotatable bonds is 4. The van der Waals surface area contributed by atoms with Crippen molar-refractivity contribution in [3.63, 3.8) is 0 Å². The Kier molecular flexibility index (Phi) is 3.50. The van der Waals surface area contributed by atoms with Crippen molar-refractivity contribution in [3.8, 4) is 0 Å². The summed E-state index contributed by atoms with van der Waals surface area (Å²) in [5, 5.41) is 12.0. The molecule has 1 rings (SSSR count). The van der Waals surface area contributed by atoms with E-state index < -0.39 is 5.54 Å². The maximum Gasteiger partial charge on any atom is 0.240 e. The highest BCUT2D eigenvalue weighted by Gasteiger charge is 2.40. The largest absolute Gasteiger partial charge is 0.393 e. The fraction of sp³-hybridized carbons (Fsp3) is 0.900. The van der Waals surface area contributed by atoms with Gasteiger partial charge in [0.05, 0.1) is 11.6 Å². The second-order valence-electron chi connectivity index (χ2n) is 4.47. The molecule has 0 radical (unpaired) electrons. The minimum absolute atomic E-state index is 0.0106. The molecule has 0 aromatic carbocycles. The Hall–Kier alpha value is -0.610. The van der Waals surface area contributed by atoms with Gasteiger partial charge in [-0.1, -0.05) is 0 Å². The lowest BCUT2D eigenvalue weighted by atomic mass is 9.77. The third kappa shape index (κ3) is 2.69. The molecule has 4 N–H and O–H groups in total. The number of hydrogen-bond donors (Lipinski definition) is 3. The number of amides is 1. The molecule has 1 fully saturated rings. The average Bonchev–Trinajstić information content (AvgIpc) is 1.97. The van der Waals surface area contributed by atoms with E-state index in [4.69, 9.17) is 10.8 Å². The molecule has 0 bridgehead atoms. The van der Waals surface area contributed by atoms with Crippen LogP contribution in [-0.4, -0.2) is 28.7 Å². The van der Waals surface area contributed by atoms with E-state index in [1.54, 1.807) is 6.92 Å². The standard InChI is InChI=1S/C10H20N2O2/c1-7(6-8(2)13)12-9(14)10(11)4-3-5-10/h7-8,13H,3-6,11H2,1-2H3,(H,12,14). The van der Waals surface area contributed by atoms with Crippen molar-refractivity contribution in [1.29, 1.82) is 0 Å². The second-order valence-corrected chi connectivity index (χ2v) is 4.47. The third-order valence-corrected chi connectivity index (χ3v) is 2.77. The maximum atomic E-state index is 11.6. The van der Waals surface area contributed by atoms with Crippen LogP contribution < -0.4 is 11.1 Å². The van der Waals surface area contributed by atoms with E-state index >= 15 is 0 Å². The average molecular weight is 200 g/mol. The quantitative estimate of drug-likeness (QED) is 0.604. The van der Waals surface area contributed by atoms with Crippen LogP contribution in [0.3, 0.4) is 0 Å². The molecule has 1 amide bonds. The highest BCUT2D eigenvalue weighted by molar-refractivity contribution is 5.87. The molecule has 0 spiro atoms. The van der Waals surface area contributed by atoms with Crippen molar-refractivity contribution in [2.24, 2.45) is 5.73 Å². The normalized spacial score (nSPS) is 23.4. The van der Waals surface area contributed by atoms with Crippen LogP contribution in [0.2, 0.25) is 0 Å². The zero-order valence-corrected chi connectivity index (χ0v) is 8.92. The number of hydrogen-bond acceptors (Lipinski definition) is 3. The van der Waals surface area contributed by atoms with Crippen molar-refractivity contribution >= 4 is 5.91 Å². The van der Waals surface area contributed by atoms with Crippen LogP contribution in [0.15, 0.2) is 0 Å². The number of aliphatic hydroxyl groups excluding tert-OH is 1. The van der Waals surface area contributed by atoms with Gasteiger partial charge in [0.2, 0.25) is 5.91 Å². The molecule has 2 unspecified atom stereocenters. The van der Waals surface area contributed by atoms with E-state index in [9.17, 15) is 4.79 Å². The molecule has 0 heterocycles. The van der Waals surface area contributed by atoms with Gasteiger partial charge in [-0.3, -0.25) is 4.79 Å². The first-order valence-electron chi connectivity index (χ1n) is 5.22. The van der Waals surface area contributed by atoms with Gasteiger partial charge >= 0.3 is 0 Å². The Morgan fingerprint density at radius 2 is 2.14 bits per heavy atom. The van der Waals surface area contributed by atoms with Crippen LogP contribution in [0.25, 0.3) is 0 Å². The minimum atomic E-state index is -0.632. The molecule has 82 valence electrons. The van der Waals surface area contributed by atoms with E-state index in [1.807, 2.05) is 6.92 Å². The molecule has 1 aliphatic carbocycles. The van der Waals surface area contributed by atoms with Crippen LogP contribution in [0.4, 0.5) is 0 Å². The van der Waals surface area contributed by atoms with Crippen LogP contribution in [-0.2, 0) is 4.79 Å².